The fourth-order valence-electron chi connectivity index (χ4n) is 4.83. The number of phenols is 1. The van der Waals surface area contributed by atoms with Crippen molar-refractivity contribution in [2.75, 3.05) is 18.4 Å². The van der Waals surface area contributed by atoms with Gasteiger partial charge in [0.05, 0.1) is 21.2 Å². The van der Waals surface area contributed by atoms with Crippen LogP contribution in [0, 0.1) is 17.7 Å². The molecule has 196 valence electrons. The Morgan fingerprint density at radius 2 is 2.03 bits per heavy atom. The summed E-state index contributed by atoms with van der Waals surface area (Å²) < 4.78 is 26.4. The zero-order valence-corrected chi connectivity index (χ0v) is 22.1. The maximum Gasteiger partial charge on any atom is 0.410 e. The van der Waals surface area contributed by atoms with Crippen molar-refractivity contribution in [3.8, 4) is 11.5 Å². The molecule has 0 spiro atoms. The molecule has 2 fully saturated rings. The topological polar surface area (TPSA) is 96.8 Å². The number of likely N-dealkylation sites (tertiary alicyclic amines) is 1. The van der Waals surface area contributed by atoms with E-state index in [1.165, 1.54) is 24.5 Å². The molecule has 37 heavy (non-hydrogen) atoms. The Hall–Kier alpha value is -3.04. The molecule has 2 N–H and O–H groups in total. The standard InChI is InChI=1S/C26H27Cl2FN4O4/c1-26(2,3)37-25(35)33-7-6-13-8-20(15(13)11-33)36-21-9-14-18(10-19(21)34)30-12-31-24(14)32-17-5-4-16(27)22(28)23(17)29/h4-5,9-10,12-13,15,20,34H,6-8,11H2,1-3H3,(H,30,31,32)/t13?,15-,20+/m1/s1. The fourth-order valence-corrected chi connectivity index (χ4v) is 5.14. The minimum atomic E-state index is -0.705. The number of fused-ring (bicyclic) bond motifs is 2. The number of halogens is 3. The van der Waals surface area contributed by atoms with Gasteiger partial charge in [-0.15, -0.1) is 0 Å². The Kier molecular flexibility index (Phi) is 6.70. The molecule has 2 aliphatic rings. The van der Waals surface area contributed by atoms with Crippen LogP contribution in [-0.2, 0) is 4.74 Å². The van der Waals surface area contributed by atoms with E-state index in [1.54, 1.807) is 11.0 Å². The van der Waals surface area contributed by atoms with Crippen LogP contribution in [-0.4, -0.2) is 50.9 Å². The maximum absolute atomic E-state index is 14.6. The third-order valence-corrected chi connectivity index (χ3v) is 7.53. The number of hydrogen-bond acceptors (Lipinski definition) is 7. The Morgan fingerprint density at radius 3 is 2.78 bits per heavy atom. The average molecular weight is 549 g/mol. The first kappa shape index (κ1) is 25.6. The summed E-state index contributed by atoms with van der Waals surface area (Å²) in [5.41, 5.74) is -0.0201. The summed E-state index contributed by atoms with van der Waals surface area (Å²) in [5, 5.41) is 14.0. The summed E-state index contributed by atoms with van der Waals surface area (Å²) in [7, 11) is 0. The molecule has 1 amide bonds. The summed E-state index contributed by atoms with van der Waals surface area (Å²) in [4.78, 5) is 22.7. The molecule has 5 rings (SSSR count). The molecule has 1 unspecified atom stereocenters. The molecule has 0 bridgehead atoms. The third-order valence-electron chi connectivity index (χ3n) is 6.75. The van der Waals surface area contributed by atoms with Crippen LogP contribution in [0.25, 0.3) is 10.9 Å². The minimum absolute atomic E-state index is 0.0684. The van der Waals surface area contributed by atoms with Crippen LogP contribution in [0.3, 0.4) is 0 Å². The van der Waals surface area contributed by atoms with Crippen molar-refractivity contribution in [3.05, 3.63) is 46.5 Å². The van der Waals surface area contributed by atoms with E-state index in [-0.39, 0.29) is 45.3 Å². The zero-order chi connectivity index (χ0) is 26.5. The predicted molar refractivity (Wildman–Crippen MR) is 139 cm³/mol. The van der Waals surface area contributed by atoms with E-state index in [0.29, 0.717) is 35.7 Å². The highest BCUT2D eigenvalue weighted by atomic mass is 35.5. The van der Waals surface area contributed by atoms with Gasteiger partial charge in [0.15, 0.2) is 17.3 Å². The van der Waals surface area contributed by atoms with Gasteiger partial charge in [0.1, 0.15) is 23.9 Å². The van der Waals surface area contributed by atoms with Crippen LogP contribution >= 0.6 is 23.2 Å². The fraction of sp³-hybridized carbons (Fsp3) is 0.423. The van der Waals surface area contributed by atoms with Crippen molar-refractivity contribution in [1.82, 2.24) is 14.9 Å². The summed E-state index contributed by atoms with van der Waals surface area (Å²) >= 11 is 11.8. The molecular formula is C26H27Cl2FN4O4. The first-order chi connectivity index (χ1) is 17.5. The van der Waals surface area contributed by atoms with Gasteiger partial charge < -0.3 is 24.8 Å². The molecule has 0 radical (unpaired) electrons. The largest absolute Gasteiger partial charge is 0.504 e. The first-order valence-corrected chi connectivity index (χ1v) is 12.8. The van der Waals surface area contributed by atoms with E-state index in [0.717, 1.165) is 12.8 Å². The lowest BCUT2D eigenvalue weighted by Gasteiger charge is -2.50. The number of rotatable bonds is 4. The van der Waals surface area contributed by atoms with Gasteiger partial charge in [0.25, 0.3) is 0 Å². The zero-order valence-electron chi connectivity index (χ0n) is 20.6. The van der Waals surface area contributed by atoms with Gasteiger partial charge in [0.2, 0.25) is 0 Å². The molecule has 2 aromatic carbocycles. The molecule has 3 atom stereocenters. The summed E-state index contributed by atoms with van der Waals surface area (Å²) in [6, 6.07) is 6.05. The molecule has 11 heteroatoms. The Morgan fingerprint density at radius 1 is 1.24 bits per heavy atom. The van der Waals surface area contributed by atoms with E-state index >= 15 is 0 Å². The normalized spacial score (nSPS) is 21.2. The van der Waals surface area contributed by atoms with Gasteiger partial charge in [-0.3, -0.25) is 0 Å². The number of nitrogens with one attached hydrogen (secondary N) is 1. The van der Waals surface area contributed by atoms with Crippen molar-refractivity contribution in [3.63, 3.8) is 0 Å². The molecule has 1 saturated carbocycles. The Balaban J connectivity index is 1.36. The highest BCUT2D eigenvalue weighted by Gasteiger charge is 2.47. The molecule has 1 aliphatic carbocycles. The maximum atomic E-state index is 14.6. The van der Waals surface area contributed by atoms with Crippen molar-refractivity contribution in [2.24, 2.45) is 11.8 Å². The highest BCUT2D eigenvalue weighted by molar-refractivity contribution is 6.42. The summed E-state index contributed by atoms with van der Waals surface area (Å²) in [5.74, 6) is 0.380. The van der Waals surface area contributed by atoms with Crippen molar-refractivity contribution in [2.45, 2.75) is 45.3 Å². The van der Waals surface area contributed by atoms with Crippen LogP contribution in [0.4, 0.5) is 20.7 Å². The number of hydrogen-bond donors (Lipinski definition) is 2. The molecule has 2 heterocycles. The number of phenolic OH excluding ortho intramolecular Hbond substituents is 1. The second-order valence-corrected chi connectivity index (χ2v) is 11.2. The van der Waals surface area contributed by atoms with E-state index < -0.39 is 11.4 Å². The number of piperidine rings is 1. The lowest BCUT2D eigenvalue weighted by atomic mass is 9.67. The Bertz CT molecular complexity index is 1370. The van der Waals surface area contributed by atoms with Crippen LogP contribution in [0.2, 0.25) is 10.0 Å². The number of benzene rings is 2. The molecule has 3 aromatic rings. The summed E-state index contributed by atoms with van der Waals surface area (Å²) in [6.07, 6.45) is 2.52. The number of ether oxygens (including phenoxy) is 2. The predicted octanol–water partition coefficient (Wildman–Crippen LogP) is 6.55. The van der Waals surface area contributed by atoms with E-state index in [9.17, 15) is 14.3 Å². The quantitative estimate of drug-likeness (QED) is 0.357. The number of aromatic nitrogens is 2. The lowest BCUT2D eigenvalue weighted by Crippen LogP contribution is -2.56. The number of aromatic hydroxyl groups is 1. The SMILES string of the molecule is CC(C)(C)OC(=O)N1CCC2C[C@H](Oc3cc4c(Nc5ccc(Cl)c(Cl)c5F)ncnc4cc3O)[C@@H]2C1. The van der Waals surface area contributed by atoms with Gasteiger partial charge in [-0.05, 0) is 57.7 Å². The molecule has 1 aromatic heterocycles. The van der Waals surface area contributed by atoms with Crippen molar-refractivity contribution < 1.29 is 23.8 Å². The van der Waals surface area contributed by atoms with E-state index in [4.69, 9.17) is 32.7 Å². The van der Waals surface area contributed by atoms with Crippen molar-refractivity contribution in [1.29, 1.82) is 0 Å². The van der Waals surface area contributed by atoms with Crippen LogP contribution in [0.5, 0.6) is 11.5 Å². The van der Waals surface area contributed by atoms with Gasteiger partial charge in [0, 0.05) is 30.5 Å². The van der Waals surface area contributed by atoms with Gasteiger partial charge in [-0.25, -0.2) is 19.2 Å². The van der Waals surface area contributed by atoms with E-state index in [1.807, 2.05) is 20.8 Å². The third kappa shape index (κ3) is 5.20. The highest BCUT2D eigenvalue weighted by Crippen LogP contribution is 2.45. The van der Waals surface area contributed by atoms with Gasteiger partial charge >= 0.3 is 6.09 Å². The van der Waals surface area contributed by atoms with Crippen molar-refractivity contribution >= 4 is 51.7 Å². The number of nitrogens with zero attached hydrogens (tertiary/aromatic N) is 3. The van der Waals surface area contributed by atoms with Crippen LogP contribution in [0.1, 0.15) is 33.6 Å². The molecular weight excluding hydrogens is 522 g/mol. The first-order valence-electron chi connectivity index (χ1n) is 12.0. The Labute approximate surface area is 223 Å². The van der Waals surface area contributed by atoms with Gasteiger partial charge in [-0.1, -0.05) is 23.2 Å². The number of anilines is 2. The molecule has 1 aliphatic heterocycles. The molecule has 8 nitrogen and oxygen atoms in total. The second-order valence-electron chi connectivity index (χ2n) is 10.4. The van der Waals surface area contributed by atoms with Crippen LogP contribution < -0.4 is 10.1 Å². The molecule has 1 saturated heterocycles. The van der Waals surface area contributed by atoms with Gasteiger partial charge in [-0.2, -0.15) is 0 Å². The average Bonchev–Trinajstić information content (AvgIpc) is 2.82. The van der Waals surface area contributed by atoms with Crippen LogP contribution in [0.15, 0.2) is 30.6 Å². The van der Waals surface area contributed by atoms with E-state index in [2.05, 4.69) is 15.3 Å². The number of amides is 1. The lowest BCUT2D eigenvalue weighted by molar-refractivity contribution is -0.0676. The smallest absolute Gasteiger partial charge is 0.410 e. The number of carbonyl (C=O) groups excluding carboxylic acids is 1. The minimum Gasteiger partial charge on any atom is -0.504 e. The monoisotopic (exact) mass is 548 g/mol. The second kappa shape index (κ2) is 9.68. The number of carbonyl (C=O) groups is 1. The summed E-state index contributed by atoms with van der Waals surface area (Å²) in [6.45, 7) is 6.72.